The zero-order valence-corrected chi connectivity index (χ0v) is 16.0. The number of nitrogens with zero attached hydrogens (tertiary/aromatic N) is 2. The zero-order chi connectivity index (χ0) is 20.1. The molecule has 3 rings (SSSR count). The number of aliphatic hydroxyl groups is 1. The van der Waals surface area contributed by atoms with E-state index in [2.05, 4.69) is 22.0 Å². The molecular formula is C21H18ClN3O3. The summed E-state index contributed by atoms with van der Waals surface area (Å²) >= 11 is 5.88. The number of halogens is 1. The van der Waals surface area contributed by atoms with Crippen molar-refractivity contribution in [3.8, 4) is 11.8 Å². The Morgan fingerprint density at radius 3 is 2.71 bits per heavy atom. The Kier molecular flexibility index (Phi) is 6.09. The number of H-pyrrole nitrogens is 1. The van der Waals surface area contributed by atoms with Gasteiger partial charge in [0.15, 0.2) is 5.69 Å². The van der Waals surface area contributed by atoms with Gasteiger partial charge in [-0.15, -0.1) is 0 Å². The van der Waals surface area contributed by atoms with Gasteiger partial charge < -0.3 is 10.0 Å². The lowest BCUT2D eigenvalue weighted by atomic mass is 10.1. The first-order valence-electron chi connectivity index (χ1n) is 8.61. The molecule has 0 bridgehead atoms. The van der Waals surface area contributed by atoms with Gasteiger partial charge in [0.2, 0.25) is 5.43 Å². The van der Waals surface area contributed by atoms with Gasteiger partial charge in [-0.2, -0.15) is 5.10 Å². The molecule has 0 saturated heterocycles. The highest BCUT2D eigenvalue weighted by Gasteiger charge is 2.19. The van der Waals surface area contributed by atoms with Crippen LogP contribution < -0.4 is 5.43 Å². The standard InChI is InChI=1S/C21H18ClN3O3/c1-25(13-15-5-8-16(22)9-6-15)21(28)19-20(27)17-12-14(4-2-3-11-26)7-10-18(17)23-24-19/h5-10,12,26H,3,11,13H2,1H3,(H,23,27). The maximum Gasteiger partial charge on any atom is 0.278 e. The fraction of sp³-hybridized carbons (Fsp3) is 0.190. The smallest absolute Gasteiger partial charge is 0.278 e. The second kappa shape index (κ2) is 8.70. The van der Waals surface area contributed by atoms with Crippen LogP contribution in [0.1, 0.15) is 28.0 Å². The molecule has 1 heterocycles. The summed E-state index contributed by atoms with van der Waals surface area (Å²) in [6, 6.07) is 12.2. The van der Waals surface area contributed by atoms with E-state index in [1.54, 1.807) is 37.4 Å². The van der Waals surface area contributed by atoms with Crippen LogP contribution in [0, 0.1) is 11.8 Å². The van der Waals surface area contributed by atoms with Crippen molar-refractivity contribution in [2.24, 2.45) is 0 Å². The van der Waals surface area contributed by atoms with Crippen molar-refractivity contribution in [1.82, 2.24) is 15.1 Å². The number of nitrogens with one attached hydrogen (secondary N) is 1. The lowest BCUT2D eigenvalue weighted by molar-refractivity contribution is 0.0777. The molecule has 0 unspecified atom stereocenters. The fourth-order valence-corrected chi connectivity index (χ4v) is 2.81. The van der Waals surface area contributed by atoms with E-state index in [1.165, 1.54) is 4.90 Å². The third kappa shape index (κ3) is 4.39. The van der Waals surface area contributed by atoms with Crippen molar-refractivity contribution in [2.45, 2.75) is 13.0 Å². The SMILES string of the molecule is CN(Cc1ccc(Cl)cc1)C(=O)c1n[nH]c2ccc(C#CCCO)cc2c1=O. The van der Waals surface area contributed by atoms with Crippen LogP contribution in [-0.4, -0.2) is 39.8 Å². The Balaban J connectivity index is 1.90. The summed E-state index contributed by atoms with van der Waals surface area (Å²) in [5.74, 6) is 5.22. The number of carbonyl (C=O) groups excluding carboxylic acids is 1. The molecule has 0 saturated carbocycles. The maximum atomic E-state index is 12.8. The first kappa shape index (κ1) is 19.6. The summed E-state index contributed by atoms with van der Waals surface area (Å²) in [4.78, 5) is 27.0. The largest absolute Gasteiger partial charge is 0.395 e. The van der Waals surface area contributed by atoms with Gasteiger partial charge in [0.05, 0.1) is 17.5 Å². The zero-order valence-electron chi connectivity index (χ0n) is 15.2. The highest BCUT2D eigenvalue weighted by atomic mass is 35.5. The van der Waals surface area contributed by atoms with Gasteiger partial charge in [-0.1, -0.05) is 35.6 Å². The summed E-state index contributed by atoms with van der Waals surface area (Å²) < 4.78 is 0. The molecule has 7 heteroatoms. The van der Waals surface area contributed by atoms with Gasteiger partial charge in [0, 0.05) is 30.6 Å². The molecule has 0 fully saturated rings. The minimum Gasteiger partial charge on any atom is -0.395 e. The van der Waals surface area contributed by atoms with Gasteiger partial charge in [-0.25, -0.2) is 0 Å². The van der Waals surface area contributed by atoms with Crippen molar-refractivity contribution >= 4 is 28.4 Å². The van der Waals surface area contributed by atoms with Crippen molar-refractivity contribution in [1.29, 1.82) is 0 Å². The van der Waals surface area contributed by atoms with Crippen molar-refractivity contribution < 1.29 is 9.90 Å². The molecule has 28 heavy (non-hydrogen) atoms. The molecule has 0 aliphatic heterocycles. The van der Waals surface area contributed by atoms with E-state index >= 15 is 0 Å². The first-order valence-corrected chi connectivity index (χ1v) is 8.99. The third-order valence-corrected chi connectivity index (χ3v) is 4.37. The fourth-order valence-electron chi connectivity index (χ4n) is 2.68. The number of hydrogen-bond donors (Lipinski definition) is 2. The molecule has 0 aliphatic carbocycles. The van der Waals surface area contributed by atoms with Gasteiger partial charge in [0.25, 0.3) is 5.91 Å². The number of aromatic amines is 1. The van der Waals surface area contributed by atoms with E-state index in [0.29, 0.717) is 34.5 Å². The molecule has 3 aromatic rings. The van der Waals surface area contributed by atoms with Crippen LogP contribution in [0.15, 0.2) is 47.3 Å². The number of hydrogen-bond acceptors (Lipinski definition) is 4. The predicted molar refractivity (Wildman–Crippen MR) is 108 cm³/mol. The summed E-state index contributed by atoms with van der Waals surface area (Å²) in [5.41, 5.74) is 1.41. The van der Waals surface area contributed by atoms with Crippen LogP contribution in [0.25, 0.3) is 10.9 Å². The van der Waals surface area contributed by atoms with Crippen LogP contribution in [0.4, 0.5) is 0 Å². The molecule has 0 spiro atoms. The topological polar surface area (TPSA) is 86.3 Å². The summed E-state index contributed by atoms with van der Waals surface area (Å²) in [7, 11) is 1.61. The molecule has 1 aromatic heterocycles. The second-order valence-electron chi connectivity index (χ2n) is 6.22. The van der Waals surface area contributed by atoms with E-state index in [0.717, 1.165) is 5.56 Å². The highest BCUT2D eigenvalue weighted by Crippen LogP contribution is 2.13. The lowest BCUT2D eigenvalue weighted by Crippen LogP contribution is -2.32. The summed E-state index contributed by atoms with van der Waals surface area (Å²) in [6.45, 7) is 0.297. The number of carbonyl (C=O) groups is 1. The molecule has 0 radical (unpaired) electrons. The molecule has 0 aliphatic rings. The minimum absolute atomic E-state index is 0.0241. The van der Waals surface area contributed by atoms with Crippen LogP contribution in [-0.2, 0) is 6.54 Å². The molecule has 6 nitrogen and oxygen atoms in total. The monoisotopic (exact) mass is 395 g/mol. The van der Waals surface area contributed by atoms with E-state index in [-0.39, 0.29) is 12.3 Å². The van der Waals surface area contributed by atoms with E-state index in [4.69, 9.17) is 16.7 Å². The van der Waals surface area contributed by atoms with Crippen molar-refractivity contribution in [3.05, 3.63) is 74.5 Å². The van der Waals surface area contributed by atoms with Crippen molar-refractivity contribution in [3.63, 3.8) is 0 Å². The number of benzene rings is 2. The second-order valence-corrected chi connectivity index (χ2v) is 6.66. The average molecular weight is 396 g/mol. The first-order chi connectivity index (χ1) is 13.5. The van der Waals surface area contributed by atoms with Crippen LogP contribution in [0.5, 0.6) is 0 Å². The lowest BCUT2D eigenvalue weighted by Gasteiger charge is -2.16. The Hall–Kier alpha value is -3.14. The predicted octanol–water partition coefficient (Wildman–Crippen LogP) is 2.58. The Labute approximate surface area is 166 Å². The molecule has 2 aromatic carbocycles. The van der Waals surface area contributed by atoms with Gasteiger partial charge in [0.1, 0.15) is 0 Å². The normalized spacial score (nSPS) is 10.4. The van der Waals surface area contributed by atoms with Gasteiger partial charge >= 0.3 is 0 Å². The van der Waals surface area contributed by atoms with Gasteiger partial charge in [-0.3, -0.25) is 14.7 Å². The number of aliphatic hydroxyl groups excluding tert-OH is 1. The van der Waals surface area contributed by atoms with Crippen LogP contribution >= 0.6 is 11.6 Å². The summed E-state index contributed by atoms with van der Waals surface area (Å²) in [6.07, 6.45) is 0.351. The molecule has 0 atom stereocenters. The van der Waals surface area contributed by atoms with Crippen LogP contribution in [0.2, 0.25) is 5.02 Å². The van der Waals surface area contributed by atoms with Crippen LogP contribution in [0.3, 0.4) is 0 Å². The maximum absolute atomic E-state index is 12.8. The van der Waals surface area contributed by atoms with E-state index < -0.39 is 11.3 Å². The highest BCUT2D eigenvalue weighted by molar-refractivity contribution is 6.30. The molecule has 1 amide bonds. The number of amides is 1. The van der Waals surface area contributed by atoms with E-state index in [9.17, 15) is 9.59 Å². The van der Waals surface area contributed by atoms with Gasteiger partial charge in [-0.05, 0) is 35.9 Å². The molecule has 2 N–H and O–H groups in total. The number of fused-ring (bicyclic) bond motifs is 1. The number of rotatable bonds is 4. The molecule has 142 valence electrons. The quantitative estimate of drug-likeness (QED) is 0.665. The van der Waals surface area contributed by atoms with E-state index in [1.807, 2.05) is 12.1 Å². The Bertz CT molecular complexity index is 1130. The average Bonchev–Trinajstić information content (AvgIpc) is 2.70. The Morgan fingerprint density at radius 2 is 2.00 bits per heavy atom. The number of aromatic nitrogens is 2. The summed E-state index contributed by atoms with van der Waals surface area (Å²) in [5, 5.41) is 16.5. The Morgan fingerprint density at radius 1 is 1.25 bits per heavy atom. The third-order valence-electron chi connectivity index (χ3n) is 4.12. The molecular weight excluding hydrogens is 378 g/mol. The van der Waals surface area contributed by atoms with Crippen molar-refractivity contribution in [2.75, 3.05) is 13.7 Å². The minimum atomic E-state index is -0.477.